The van der Waals surface area contributed by atoms with Crippen molar-refractivity contribution in [2.24, 2.45) is 5.10 Å². The number of hydrogen-bond acceptors (Lipinski definition) is 6. The van der Waals surface area contributed by atoms with Crippen LogP contribution in [0.5, 0.6) is 0 Å². The lowest BCUT2D eigenvalue weighted by Crippen LogP contribution is -1.98. The Hall–Kier alpha value is -2.90. The largest absolute Gasteiger partial charge is 0.313 e. The molecule has 3 rings (SSSR count). The summed E-state index contributed by atoms with van der Waals surface area (Å²) in [4.78, 5) is 16.5. The molecule has 1 aromatic heterocycles. The minimum atomic E-state index is -0.506. The molecule has 0 radical (unpaired) electrons. The fraction of sp³-hybridized carbons (Fsp3) is 0. The standard InChI is InChI=1S/C18H13ClN4O2S/c19-14-5-9-16(10-6-14)26-15-7-3-13(4-8-15)12-21-22-18-17(23(24)25)2-1-11-20-18/h1-12H,(H,20,22)/b21-12-. The fourth-order valence-corrected chi connectivity index (χ4v) is 3.00. The molecule has 6 nitrogen and oxygen atoms in total. The van der Waals surface area contributed by atoms with Crippen LogP contribution in [0.4, 0.5) is 11.5 Å². The van der Waals surface area contributed by atoms with Gasteiger partial charge in [-0.25, -0.2) is 4.98 Å². The molecule has 0 fully saturated rings. The maximum atomic E-state index is 10.9. The fourth-order valence-electron chi connectivity index (χ4n) is 2.06. The van der Waals surface area contributed by atoms with Gasteiger partial charge in [0, 0.05) is 27.1 Å². The minimum Gasteiger partial charge on any atom is -0.258 e. The maximum Gasteiger partial charge on any atom is 0.313 e. The summed E-state index contributed by atoms with van der Waals surface area (Å²) >= 11 is 7.51. The summed E-state index contributed by atoms with van der Waals surface area (Å²) in [6.45, 7) is 0. The zero-order chi connectivity index (χ0) is 18.4. The van der Waals surface area contributed by atoms with Crippen LogP contribution in [0.25, 0.3) is 0 Å². The predicted octanol–water partition coefficient (Wildman–Crippen LogP) is 5.24. The molecule has 26 heavy (non-hydrogen) atoms. The van der Waals surface area contributed by atoms with E-state index in [-0.39, 0.29) is 11.5 Å². The number of hydrogen-bond donors (Lipinski definition) is 1. The Bertz CT molecular complexity index is 931. The van der Waals surface area contributed by atoms with Crippen LogP contribution in [-0.2, 0) is 0 Å². The van der Waals surface area contributed by atoms with Gasteiger partial charge in [-0.15, -0.1) is 0 Å². The van der Waals surface area contributed by atoms with E-state index in [4.69, 9.17) is 11.6 Å². The highest BCUT2D eigenvalue weighted by Crippen LogP contribution is 2.28. The molecule has 0 aliphatic rings. The monoisotopic (exact) mass is 384 g/mol. The van der Waals surface area contributed by atoms with Crippen LogP contribution in [-0.4, -0.2) is 16.1 Å². The number of benzene rings is 2. The van der Waals surface area contributed by atoms with Crippen molar-refractivity contribution in [1.82, 2.24) is 4.98 Å². The van der Waals surface area contributed by atoms with Crippen molar-refractivity contribution in [3.63, 3.8) is 0 Å². The molecule has 0 aliphatic carbocycles. The van der Waals surface area contributed by atoms with Gasteiger partial charge in [-0.3, -0.25) is 15.5 Å². The highest BCUT2D eigenvalue weighted by Gasteiger charge is 2.12. The topological polar surface area (TPSA) is 80.4 Å². The lowest BCUT2D eigenvalue weighted by molar-refractivity contribution is -0.384. The first kappa shape index (κ1) is 17.9. The van der Waals surface area contributed by atoms with Crippen molar-refractivity contribution in [2.45, 2.75) is 9.79 Å². The van der Waals surface area contributed by atoms with Crippen molar-refractivity contribution >= 4 is 41.1 Å². The van der Waals surface area contributed by atoms with Crippen LogP contribution < -0.4 is 5.43 Å². The van der Waals surface area contributed by atoms with E-state index in [0.29, 0.717) is 5.02 Å². The first-order valence-corrected chi connectivity index (χ1v) is 8.73. The number of rotatable bonds is 6. The molecule has 0 aliphatic heterocycles. The maximum absolute atomic E-state index is 10.9. The van der Waals surface area contributed by atoms with Crippen molar-refractivity contribution in [3.8, 4) is 0 Å². The van der Waals surface area contributed by atoms with E-state index >= 15 is 0 Å². The first-order valence-electron chi connectivity index (χ1n) is 7.54. The highest BCUT2D eigenvalue weighted by atomic mass is 35.5. The van der Waals surface area contributed by atoms with E-state index in [0.717, 1.165) is 15.4 Å². The van der Waals surface area contributed by atoms with E-state index < -0.39 is 4.92 Å². The zero-order valence-corrected chi connectivity index (χ0v) is 14.9. The summed E-state index contributed by atoms with van der Waals surface area (Å²) in [5.74, 6) is 0.101. The molecule has 0 saturated carbocycles. The average Bonchev–Trinajstić information content (AvgIpc) is 2.65. The molecule has 0 amide bonds. The minimum absolute atomic E-state index is 0.101. The summed E-state index contributed by atoms with van der Waals surface area (Å²) in [6, 6.07) is 18.3. The molecule has 0 unspecified atom stereocenters. The number of nitrogens with zero attached hydrogens (tertiary/aromatic N) is 3. The van der Waals surface area contributed by atoms with Gasteiger partial charge in [0.25, 0.3) is 0 Å². The summed E-state index contributed by atoms with van der Waals surface area (Å²) in [7, 11) is 0. The Morgan fingerprint density at radius 3 is 2.38 bits per heavy atom. The Balaban J connectivity index is 1.63. The summed E-state index contributed by atoms with van der Waals surface area (Å²) < 4.78 is 0. The molecule has 1 heterocycles. The number of halogens is 1. The third-order valence-electron chi connectivity index (χ3n) is 3.30. The van der Waals surface area contributed by atoms with Gasteiger partial charge < -0.3 is 0 Å². The molecule has 8 heteroatoms. The lowest BCUT2D eigenvalue weighted by Gasteiger charge is -2.03. The van der Waals surface area contributed by atoms with E-state index in [1.54, 1.807) is 18.0 Å². The van der Waals surface area contributed by atoms with E-state index in [2.05, 4.69) is 15.5 Å². The van der Waals surface area contributed by atoms with Crippen LogP contribution in [0.3, 0.4) is 0 Å². The summed E-state index contributed by atoms with van der Waals surface area (Å²) in [5, 5.41) is 15.6. The third-order valence-corrected chi connectivity index (χ3v) is 4.56. The van der Waals surface area contributed by atoms with Gasteiger partial charge in [0.15, 0.2) is 0 Å². The van der Waals surface area contributed by atoms with E-state index in [1.807, 2.05) is 48.5 Å². The first-order chi connectivity index (χ1) is 12.6. The third kappa shape index (κ3) is 4.81. The molecular weight excluding hydrogens is 372 g/mol. The van der Waals surface area contributed by atoms with Crippen LogP contribution in [0, 0.1) is 10.1 Å². The van der Waals surface area contributed by atoms with Crippen LogP contribution in [0.2, 0.25) is 5.02 Å². The van der Waals surface area contributed by atoms with Crippen LogP contribution in [0.15, 0.2) is 81.8 Å². The Morgan fingerprint density at radius 2 is 1.73 bits per heavy atom. The Kier molecular flexibility index (Phi) is 5.83. The van der Waals surface area contributed by atoms with Crippen LogP contribution in [0.1, 0.15) is 5.56 Å². The van der Waals surface area contributed by atoms with Gasteiger partial charge in [-0.1, -0.05) is 35.5 Å². The smallest absolute Gasteiger partial charge is 0.258 e. The van der Waals surface area contributed by atoms with E-state index in [9.17, 15) is 10.1 Å². The van der Waals surface area contributed by atoms with Gasteiger partial charge in [-0.05, 0) is 48.0 Å². The Morgan fingerprint density at radius 1 is 1.08 bits per heavy atom. The van der Waals surface area contributed by atoms with Crippen LogP contribution >= 0.6 is 23.4 Å². The van der Waals surface area contributed by atoms with Gasteiger partial charge in [0.05, 0.1) is 11.1 Å². The normalized spacial score (nSPS) is 10.8. The predicted molar refractivity (Wildman–Crippen MR) is 104 cm³/mol. The quantitative estimate of drug-likeness (QED) is 0.357. The number of aromatic nitrogens is 1. The molecule has 1 N–H and O–H groups in total. The second-order valence-electron chi connectivity index (χ2n) is 5.12. The van der Waals surface area contributed by atoms with Crippen molar-refractivity contribution in [1.29, 1.82) is 0 Å². The lowest BCUT2D eigenvalue weighted by atomic mass is 10.2. The summed E-state index contributed by atoms with van der Waals surface area (Å²) in [6.07, 6.45) is 3.04. The van der Waals surface area contributed by atoms with Crippen molar-refractivity contribution < 1.29 is 4.92 Å². The number of nitro groups is 1. The van der Waals surface area contributed by atoms with Gasteiger partial charge in [-0.2, -0.15) is 5.10 Å². The molecule has 3 aromatic rings. The molecule has 2 aromatic carbocycles. The van der Waals surface area contributed by atoms with E-state index in [1.165, 1.54) is 18.3 Å². The SMILES string of the molecule is O=[N+]([O-])c1cccnc1N/N=C\c1ccc(Sc2ccc(Cl)cc2)cc1. The molecule has 0 atom stereocenters. The molecule has 0 spiro atoms. The highest BCUT2D eigenvalue weighted by molar-refractivity contribution is 7.99. The second kappa shape index (κ2) is 8.46. The Labute approximate surface area is 159 Å². The average molecular weight is 385 g/mol. The molecule has 130 valence electrons. The number of pyridine rings is 1. The molecule has 0 saturated heterocycles. The number of hydrazone groups is 1. The number of nitrogens with one attached hydrogen (secondary N) is 1. The van der Waals surface area contributed by atoms with Gasteiger partial charge >= 0.3 is 5.69 Å². The zero-order valence-electron chi connectivity index (χ0n) is 13.4. The second-order valence-corrected chi connectivity index (χ2v) is 6.71. The molecular formula is C18H13ClN4O2S. The van der Waals surface area contributed by atoms with Gasteiger partial charge in [0.1, 0.15) is 0 Å². The number of anilines is 1. The van der Waals surface area contributed by atoms with Gasteiger partial charge in [0.2, 0.25) is 5.82 Å². The summed E-state index contributed by atoms with van der Waals surface area (Å²) in [5.41, 5.74) is 3.33. The molecule has 0 bridgehead atoms. The van der Waals surface area contributed by atoms with Crippen molar-refractivity contribution in [3.05, 3.63) is 87.6 Å². The van der Waals surface area contributed by atoms with Crippen molar-refractivity contribution in [2.75, 3.05) is 5.43 Å².